The van der Waals surface area contributed by atoms with Crippen molar-refractivity contribution in [1.82, 2.24) is 14.3 Å². The Balaban J connectivity index is 1.41. The molecule has 218 valence electrons. The zero-order chi connectivity index (χ0) is 29.5. The summed E-state index contributed by atoms with van der Waals surface area (Å²) < 4.78 is 21.8. The Morgan fingerprint density at radius 1 is 1.24 bits per heavy atom. The number of aromatic nitrogens is 2. The van der Waals surface area contributed by atoms with E-state index in [1.54, 1.807) is 36.0 Å². The minimum Gasteiger partial charge on any atom is -0.444 e. The summed E-state index contributed by atoms with van der Waals surface area (Å²) in [6, 6.07) is 4.83. The second-order valence-electron chi connectivity index (χ2n) is 11.8. The lowest BCUT2D eigenvalue weighted by Gasteiger charge is -2.43. The molecule has 1 unspecified atom stereocenters. The molecule has 3 N–H and O–H groups in total. The van der Waals surface area contributed by atoms with Crippen LogP contribution in [-0.2, 0) is 4.74 Å². The third kappa shape index (κ3) is 6.13. The van der Waals surface area contributed by atoms with E-state index in [4.69, 9.17) is 10.5 Å². The van der Waals surface area contributed by atoms with E-state index in [2.05, 4.69) is 20.2 Å². The maximum Gasteiger partial charge on any atom is 0.410 e. The number of rotatable bonds is 6. The molecule has 2 aliphatic rings. The van der Waals surface area contributed by atoms with E-state index < -0.39 is 17.3 Å². The van der Waals surface area contributed by atoms with Crippen LogP contribution in [-0.4, -0.2) is 70.3 Å². The number of nitrogens with two attached hydrogens (primary N) is 1. The number of benzene rings is 1. The standard InChI is InChI=1S/C30H38FN7O3/c1-6-33-14-22-24(36-11-12-38(25(17-36)19-7-8-19)29(40)41-30(3,4)5)10-9-21(26(22)32)28(39)35-20-13-23(31)27-34-18(2)15-37(27)16-20/h9-10,13-16,19,25H,6-8,11-12,17,32H2,1-5H3,(H,35,39). The lowest BCUT2D eigenvalue weighted by molar-refractivity contribution is 0.0116. The molecule has 5 rings (SSSR count). The van der Waals surface area contributed by atoms with Crippen LogP contribution in [0.1, 0.15) is 62.2 Å². The van der Waals surface area contributed by atoms with Gasteiger partial charge in [-0.2, -0.15) is 0 Å². The Hall–Kier alpha value is -4.15. The van der Waals surface area contributed by atoms with Crippen molar-refractivity contribution in [2.24, 2.45) is 10.9 Å². The topological polar surface area (TPSA) is 118 Å². The van der Waals surface area contributed by atoms with Gasteiger partial charge in [0.2, 0.25) is 0 Å². The predicted molar refractivity (Wildman–Crippen MR) is 158 cm³/mol. The molecule has 2 fully saturated rings. The third-order valence-electron chi connectivity index (χ3n) is 7.35. The molecule has 0 bridgehead atoms. The molecule has 2 aromatic heterocycles. The minimum atomic E-state index is -0.563. The number of nitrogens with one attached hydrogen (secondary N) is 1. The smallest absolute Gasteiger partial charge is 0.410 e. The van der Waals surface area contributed by atoms with Gasteiger partial charge < -0.3 is 30.0 Å². The molecule has 1 saturated heterocycles. The third-order valence-corrected chi connectivity index (χ3v) is 7.35. The van der Waals surface area contributed by atoms with Gasteiger partial charge >= 0.3 is 6.09 Å². The van der Waals surface area contributed by atoms with Gasteiger partial charge in [-0.1, -0.05) is 0 Å². The number of halogens is 1. The molecular weight excluding hydrogens is 525 g/mol. The quantitative estimate of drug-likeness (QED) is 0.326. The van der Waals surface area contributed by atoms with E-state index in [9.17, 15) is 14.0 Å². The van der Waals surface area contributed by atoms with Crippen molar-refractivity contribution in [3.63, 3.8) is 0 Å². The van der Waals surface area contributed by atoms with Crippen LogP contribution in [0.4, 0.5) is 26.2 Å². The molecule has 1 saturated carbocycles. The SMILES string of the molecule is CCN=Cc1c(N2CCN(C(=O)OC(C)(C)C)C(C3CC3)C2)ccc(C(=O)Nc2cc(F)c3nc(C)cn3c2)c1N. The first-order valence-corrected chi connectivity index (χ1v) is 14.1. The summed E-state index contributed by atoms with van der Waals surface area (Å²) in [7, 11) is 0. The van der Waals surface area contributed by atoms with Gasteiger partial charge in [0.15, 0.2) is 11.5 Å². The molecule has 3 aromatic rings. The normalized spacial score (nSPS) is 17.9. The summed E-state index contributed by atoms with van der Waals surface area (Å²) in [6.07, 6.45) is 6.88. The lowest BCUT2D eigenvalue weighted by atomic mass is 10.0. The number of hydrogen-bond acceptors (Lipinski definition) is 7. The number of hydrogen-bond donors (Lipinski definition) is 2. The first-order chi connectivity index (χ1) is 19.4. The summed E-state index contributed by atoms with van der Waals surface area (Å²) >= 11 is 0. The van der Waals surface area contributed by atoms with Gasteiger partial charge in [-0.15, -0.1) is 0 Å². The van der Waals surface area contributed by atoms with E-state index in [-0.39, 0.29) is 34.7 Å². The second-order valence-corrected chi connectivity index (χ2v) is 11.8. The number of carbonyl (C=O) groups excluding carboxylic acids is 2. The Morgan fingerprint density at radius 2 is 2.00 bits per heavy atom. The van der Waals surface area contributed by atoms with Crippen LogP contribution in [0.5, 0.6) is 0 Å². The molecule has 41 heavy (non-hydrogen) atoms. The highest BCUT2D eigenvalue weighted by Gasteiger charge is 2.42. The molecule has 1 aliphatic heterocycles. The van der Waals surface area contributed by atoms with Crippen molar-refractivity contribution < 1.29 is 18.7 Å². The van der Waals surface area contributed by atoms with Crippen LogP contribution in [0.3, 0.4) is 0 Å². The lowest BCUT2D eigenvalue weighted by Crippen LogP contribution is -2.57. The number of nitrogens with zero attached hydrogens (tertiary/aromatic N) is 5. The summed E-state index contributed by atoms with van der Waals surface area (Å²) in [6.45, 7) is 11.6. The highest BCUT2D eigenvalue weighted by Crippen LogP contribution is 2.39. The van der Waals surface area contributed by atoms with Crippen LogP contribution in [0.25, 0.3) is 5.65 Å². The van der Waals surface area contributed by atoms with E-state index in [0.717, 1.165) is 18.5 Å². The molecule has 2 amide bonds. The summed E-state index contributed by atoms with van der Waals surface area (Å²) in [5, 5.41) is 2.77. The van der Waals surface area contributed by atoms with Crippen LogP contribution in [0, 0.1) is 18.7 Å². The molecule has 0 spiro atoms. The summed E-state index contributed by atoms with van der Waals surface area (Å²) in [4.78, 5) is 39.0. The Morgan fingerprint density at radius 3 is 2.68 bits per heavy atom. The minimum absolute atomic E-state index is 0.0235. The Bertz CT molecular complexity index is 1510. The summed E-state index contributed by atoms with van der Waals surface area (Å²) in [5.74, 6) is -0.565. The number of aryl methyl sites for hydroxylation is 1. The number of fused-ring (bicyclic) bond motifs is 1. The summed E-state index contributed by atoms with van der Waals surface area (Å²) in [5.41, 5.74) is 9.24. The monoisotopic (exact) mass is 563 g/mol. The number of ether oxygens (including phenoxy) is 1. The first kappa shape index (κ1) is 28.4. The number of imidazole rings is 1. The molecular formula is C30H38FN7O3. The zero-order valence-corrected chi connectivity index (χ0v) is 24.3. The van der Waals surface area contributed by atoms with Gasteiger partial charge in [0.25, 0.3) is 5.91 Å². The predicted octanol–water partition coefficient (Wildman–Crippen LogP) is 4.89. The van der Waals surface area contributed by atoms with Crippen molar-refractivity contribution >= 4 is 40.9 Å². The van der Waals surface area contributed by atoms with Gasteiger partial charge in [-0.25, -0.2) is 14.2 Å². The van der Waals surface area contributed by atoms with E-state index in [1.807, 2.05) is 38.7 Å². The highest BCUT2D eigenvalue weighted by atomic mass is 19.1. The first-order valence-electron chi connectivity index (χ1n) is 14.1. The number of amides is 2. The Labute approximate surface area is 239 Å². The number of pyridine rings is 1. The fourth-order valence-corrected chi connectivity index (χ4v) is 5.32. The number of carbonyl (C=O) groups is 2. The van der Waals surface area contributed by atoms with Crippen LogP contribution in [0.15, 0.2) is 35.6 Å². The van der Waals surface area contributed by atoms with Crippen molar-refractivity contribution in [2.75, 3.05) is 42.1 Å². The molecule has 1 atom stereocenters. The number of piperazine rings is 1. The van der Waals surface area contributed by atoms with Gasteiger partial charge in [-0.3, -0.25) is 9.79 Å². The molecule has 10 nitrogen and oxygen atoms in total. The average molecular weight is 564 g/mol. The highest BCUT2D eigenvalue weighted by molar-refractivity contribution is 6.11. The maximum atomic E-state index is 14.6. The fraction of sp³-hybridized carbons (Fsp3) is 0.467. The van der Waals surface area contributed by atoms with Gasteiger partial charge in [0.05, 0.1) is 28.7 Å². The molecule has 1 aliphatic carbocycles. The van der Waals surface area contributed by atoms with Crippen molar-refractivity contribution in [3.8, 4) is 0 Å². The molecule has 3 heterocycles. The maximum absolute atomic E-state index is 14.6. The second kappa shape index (κ2) is 11.0. The Kier molecular flexibility index (Phi) is 7.63. The number of anilines is 3. The van der Waals surface area contributed by atoms with Crippen molar-refractivity contribution in [3.05, 3.63) is 53.2 Å². The van der Waals surface area contributed by atoms with E-state index >= 15 is 0 Å². The average Bonchev–Trinajstić information content (AvgIpc) is 3.67. The number of nitrogen functional groups attached to an aromatic ring is 1. The van der Waals surface area contributed by atoms with Gasteiger partial charge in [0.1, 0.15) is 5.60 Å². The fourth-order valence-electron chi connectivity index (χ4n) is 5.32. The van der Waals surface area contributed by atoms with Crippen molar-refractivity contribution in [1.29, 1.82) is 0 Å². The van der Waals surface area contributed by atoms with Crippen LogP contribution >= 0.6 is 0 Å². The van der Waals surface area contributed by atoms with Gasteiger partial charge in [-0.05, 0) is 65.5 Å². The van der Waals surface area contributed by atoms with Crippen molar-refractivity contribution in [2.45, 2.75) is 59.1 Å². The van der Waals surface area contributed by atoms with E-state index in [0.29, 0.717) is 43.4 Å². The largest absolute Gasteiger partial charge is 0.444 e. The molecule has 11 heteroatoms. The van der Waals surface area contributed by atoms with Crippen LogP contribution < -0.4 is 16.0 Å². The van der Waals surface area contributed by atoms with Gasteiger partial charge in [0, 0.05) is 62.1 Å². The number of aliphatic imine (C=N–C) groups is 1. The molecule has 0 radical (unpaired) electrons. The van der Waals surface area contributed by atoms with E-state index in [1.165, 1.54) is 6.07 Å². The molecule has 1 aromatic carbocycles. The van der Waals surface area contributed by atoms with Crippen LogP contribution in [0.2, 0.25) is 0 Å². The zero-order valence-electron chi connectivity index (χ0n) is 24.3.